The van der Waals surface area contributed by atoms with Gasteiger partial charge in [-0.2, -0.15) is 0 Å². The van der Waals surface area contributed by atoms with Gasteiger partial charge in [-0.05, 0) is 23.6 Å². The van der Waals surface area contributed by atoms with Crippen molar-refractivity contribution in [1.29, 1.82) is 0 Å². The van der Waals surface area contributed by atoms with Crippen molar-refractivity contribution >= 4 is 5.69 Å². The van der Waals surface area contributed by atoms with Crippen LogP contribution in [0.15, 0.2) is 39.9 Å². The fourth-order valence-corrected chi connectivity index (χ4v) is 2.13. The Hall–Kier alpha value is -2.30. The van der Waals surface area contributed by atoms with Crippen molar-refractivity contribution in [1.82, 2.24) is 9.13 Å². The molecule has 0 saturated carbocycles. The lowest BCUT2D eigenvalue weighted by Gasteiger charge is -2.12. The molecule has 1 heterocycles. The van der Waals surface area contributed by atoms with Crippen molar-refractivity contribution in [3.63, 3.8) is 0 Å². The Morgan fingerprint density at radius 3 is 2.24 bits per heavy atom. The highest BCUT2D eigenvalue weighted by Crippen LogP contribution is 2.17. The zero-order valence-electron chi connectivity index (χ0n) is 12.9. The normalized spacial score (nSPS) is 10.9. The fraction of sp³-hybridized carbons (Fsp3) is 0.375. The first-order valence-electron chi connectivity index (χ1n) is 7.00. The number of rotatable bonds is 4. The molecule has 5 heteroatoms. The average Bonchev–Trinajstić information content (AvgIpc) is 2.48. The lowest BCUT2D eigenvalue weighted by atomic mass is 10.0. The van der Waals surface area contributed by atoms with Crippen LogP contribution in [0.2, 0.25) is 0 Å². The molecule has 0 atom stereocenters. The number of aromatic nitrogens is 2. The summed E-state index contributed by atoms with van der Waals surface area (Å²) >= 11 is 0. The maximum atomic E-state index is 11.8. The highest BCUT2D eigenvalue weighted by atomic mass is 16.2. The monoisotopic (exact) mass is 287 g/mol. The van der Waals surface area contributed by atoms with Gasteiger partial charge in [0.25, 0.3) is 5.56 Å². The summed E-state index contributed by atoms with van der Waals surface area (Å²) in [5.41, 5.74) is 2.31. The van der Waals surface area contributed by atoms with Crippen LogP contribution in [0.3, 0.4) is 0 Å². The van der Waals surface area contributed by atoms with Crippen LogP contribution in [0.25, 0.3) is 0 Å². The minimum Gasteiger partial charge on any atom is -0.379 e. The van der Waals surface area contributed by atoms with E-state index >= 15 is 0 Å². The van der Waals surface area contributed by atoms with Crippen LogP contribution in [0.5, 0.6) is 0 Å². The smallest absolute Gasteiger partial charge is 0.330 e. The van der Waals surface area contributed by atoms with Crippen molar-refractivity contribution < 1.29 is 0 Å². The summed E-state index contributed by atoms with van der Waals surface area (Å²) in [6, 6.07) is 9.66. The van der Waals surface area contributed by atoms with Crippen LogP contribution in [-0.4, -0.2) is 9.13 Å². The van der Waals surface area contributed by atoms with Crippen LogP contribution < -0.4 is 16.6 Å². The van der Waals surface area contributed by atoms with Gasteiger partial charge in [0.05, 0.1) is 6.54 Å². The Bertz CT molecular complexity index is 740. The van der Waals surface area contributed by atoms with Crippen LogP contribution >= 0.6 is 0 Å². The Labute approximate surface area is 123 Å². The van der Waals surface area contributed by atoms with Gasteiger partial charge in [0.2, 0.25) is 0 Å². The molecule has 0 fully saturated rings. The number of anilines is 1. The number of benzene rings is 1. The lowest BCUT2D eigenvalue weighted by Crippen LogP contribution is -2.38. The highest BCUT2D eigenvalue weighted by molar-refractivity contribution is 5.45. The first-order chi connectivity index (χ1) is 9.90. The summed E-state index contributed by atoms with van der Waals surface area (Å²) in [6.07, 6.45) is 0. The van der Waals surface area contributed by atoms with E-state index in [1.165, 1.54) is 23.2 Å². The third kappa shape index (κ3) is 3.24. The second-order valence-electron chi connectivity index (χ2n) is 5.50. The van der Waals surface area contributed by atoms with E-state index in [1.807, 2.05) is 12.1 Å². The van der Waals surface area contributed by atoms with E-state index in [-0.39, 0.29) is 11.2 Å². The summed E-state index contributed by atoms with van der Waals surface area (Å²) < 4.78 is 2.58. The molecular formula is C16H21N3O2. The second-order valence-corrected chi connectivity index (χ2v) is 5.50. The van der Waals surface area contributed by atoms with E-state index in [4.69, 9.17) is 0 Å². The molecule has 0 amide bonds. The number of hydrogen-bond donors (Lipinski definition) is 1. The van der Waals surface area contributed by atoms with E-state index < -0.39 is 0 Å². The minimum atomic E-state index is -0.311. The molecule has 112 valence electrons. The third-order valence-electron chi connectivity index (χ3n) is 3.68. The summed E-state index contributed by atoms with van der Waals surface area (Å²) in [5.74, 6) is 0.497. The zero-order chi connectivity index (χ0) is 15.6. The summed E-state index contributed by atoms with van der Waals surface area (Å²) in [6.45, 7) is 4.73. The third-order valence-corrected chi connectivity index (χ3v) is 3.68. The lowest BCUT2D eigenvalue weighted by molar-refractivity contribution is 0.655. The first kappa shape index (κ1) is 15.1. The average molecular weight is 287 g/mol. The Morgan fingerprint density at radius 2 is 1.67 bits per heavy atom. The predicted molar refractivity (Wildman–Crippen MR) is 84.8 cm³/mol. The first-order valence-corrected chi connectivity index (χ1v) is 7.00. The van der Waals surface area contributed by atoms with E-state index in [2.05, 4.69) is 31.3 Å². The molecule has 0 bridgehead atoms. The zero-order valence-corrected chi connectivity index (χ0v) is 12.9. The van der Waals surface area contributed by atoms with Crippen molar-refractivity contribution in [2.75, 3.05) is 5.32 Å². The topological polar surface area (TPSA) is 56.0 Å². The van der Waals surface area contributed by atoms with E-state index in [0.29, 0.717) is 18.2 Å². The predicted octanol–water partition coefficient (Wildman–Crippen LogP) is 1.82. The van der Waals surface area contributed by atoms with E-state index in [9.17, 15) is 9.59 Å². The van der Waals surface area contributed by atoms with E-state index in [1.54, 1.807) is 7.05 Å². The van der Waals surface area contributed by atoms with Crippen LogP contribution in [0.4, 0.5) is 5.69 Å². The van der Waals surface area contributed by atoms with Crippen LogP contribution in [0.1, 0.15) is 31.0 Å². The highest BCUT2D eigenvalue weighted by Gasteiger charge is 2.05. The molecule has 0 aliphatic heterocycles. The van der Waals surface area contributed by atoms with Crippen molar-refractivity contribution in [3.05, 3.63) is 62.4 Å². The molecule has 0 saturated heterocycles. The second kappa shape index (κ2) is 5.99. The van der Waals surface area contributed by atoms with Gasteiger partial charge in [-0.15, -0.1) is 0 Å². The molecule has 0 aliphatic carbocycles. The van der Waals surface area contributed by atoms with Gasteiger partial charge in [-0.3, -0.25) is 13.9 Å². The summed E-state index contributed by atoms with van der Waals surface area (Å²) in [5, 5.41) is 3.23. The van der Waals surface area contributed by atoms with Crippen molar-refractivity contribution in [3.8, 4) is 0 Å². The quantitative estimate of drug-likeness (QED) is 0.933. The molecule has 0 radical (unpaired) electrons. The molecular weight excluding hydrogens is 266 g/mol. The Morgan fingerprint density at radius 1 is 1.05 bits per heavy atom. The standard InChI is InChI=1S/C16H21N3O2/c1-11(2)12-5-7-13(8-6-12)17-10-14-9-15(20)19(4)16(21)18(14)3/h5-9,11,17H,10H2,1-4H3. The number of nitrogens with one attached hydrogen (secondary N) is 1. The molecule has 2 aromatic rings. The van der Waals surface area contributed by atoms with Gasteiger partial charge in [0, 0.05) is 31.5 Å². The van der Waals surface area contributed by atoms with Crippen molar-refractivity contribution in [2.24, 2.45) is 14.1 Å². The van der Waals surface area contributed by atoms with Gasteiger partial charge in [0.1, 0.15) is 0 Å². The maximum Gasteiger partial charge on any atom is 0.330 e. The van der Waals surface area contributed by atoms with E-state index in [0.717, 1.165) is 10.3 Å². The SMILES string of the molecule is CC(C)c1ccc(NCc2cc(=O)n(C)c(=O)n2C)cc1. The number of hydrogen-bond acceptors (Lipinski definition) is 3. The number of nitrogens with zero attached hydrogens (tertiary/aromatic N) is 2. The minimum absolute atomic E-state index is 0.287. The molecule has 0 spiro atoms. The van der Waals surface area contributed by atoms with Crippen molar-refractivity contribution in [2.45, 2.75) is 26.3 Å². The molecule has 21 heavy (non-hydrogen) atoms. The Kier molecular flexibility index (Phi) is 4.31. The Balaban J connectivity index is 2.17. The van der Waals surface area contributed by atoms with Crippen LogP contribution in [-0.2, 0) is 20.6 Å². The molecule has 1 N–H and O–H groups in total. The molecule has 1 aromatic carbocycles. The van der Waals surface area contributed by atoms with Gasteiger partial charge in [-0.25, -0.2) is 4.79 Å². The molecule has 0 aliphatic rings. The molecule has 0 unspecified atom stereocenters. The molecule has 2 rings (SSSR count). The molecule has 1 aromatic heterocycles. The van der Waals surface area contributed by atoms with Gasteiger partial charge in [0.15, 0.2) is 0 Å². The maximum absolute atomic E-state index is 11.8. The largest absolute Gasteiger partial charge is 0.379 e. The van der Waals surface area contributed by atoms with Gasteiger partial charge < -0.3 is 5.32 Å². The van der Waals surface area contributed by atoms with Gasteiger partial charge >= 0.3 is 5.69 Å². The summed E-state index contributed by atoms with van der Waals surface area (Å²) in [7, 11) is 3.15. The fourth-order valence-electron chi connectivity index (χ4n) is 2.13. The summed E-state index contributed by atoms with van der Waals surface area (Å²) in [4.78, 5) is 23.5. The molecule has 5 nitrogen and oxygen atoms in total. The van der Waals surface area contributed by atoms with Crippen LogP contribution in [0, 0.1) is 0 Å². The van der Waals surface area contributed by atoms with Gasteiger partial charge in [-0.1, -0.05) is 26.0 Å².